The van der Waals surface area contributed by atoms with Gasteiger partial charge in [-0.2, -0.15) is 0 Å². The van der Waals surface area contributed by atoms with Crippen LogP contribution in [-0.4, -0.2) is 96.9 Å². The summed E-state index contributed by atoms with van der Waals surface area (Å²) in [6, 6.07) is 0.631. The Hall–Kier alpha value is -1.03. The Kier molecular flexibility index (Phi) is 10.5. The Morgan fingerprint density at radius 1 is 1.14 bits per heavy atom. The van der Waals surface area contributed by atoms with E-state index >= 15 is 0 Å². The minimum Gasteiger partial charge on any atom is -0.350 e. The molecule has 0 radical (unpaired) electrons. The molecule has 0 aromatic carbocycles. The number of allylic oxidation sites excluding steroid dienone is 2. The minimum absolute atomic E-state index is 0.00447. The van der Waals surface area contributed by atoms with Crippen LogP contribution in [0.5, 0.6) is 0 Å². The molecule has 1 amide bonds. The third kappa shape index (κ3) is 7.55. The Morgan fingerprint density at radius 2 is 1.84 bits per heavy atom. The van der Waals surface area contributed by atoms with E-state index in [-0.39, 0.29) is 28.8 Å². The summed E-state index contributed by atoms with van der Waals surface area (Å²) < 4.78 is 0. The van der Waals surface area contributed by atoms with Gasteiger partial charge in [0.1, 0.15) is 0 Å². The van der Waals surface area contributed by atoms with Gasteiger partial charge in [0.2, 0.25) is 5.91 Å². The van der Waals surface area contributed by atoms with Crippen molar-refractivity contribution in [1.82, 2.24) is 20.4 Å². The van der Waals surface area contributed by atoms with E-state index in [1.807, 2.05) is 0 Å². The van der Waals surface area contributed by atoms with E-state index in [1.165, 1.54) is 25.7 Å². The Balaban J connectivity index is 1.48. The van der Waals surface area contributed by atoms with Gasteiger partial charge in [-0.15, -0.1) is 11.6 Å². The van der Waals surface area contributed by atoms with Crippen molar-refractivity contribution in [2.75, 3.05) is 39.3 Å². The molecule has 3 heterocycles. The van der Waals surface area contributed by atoms with Gasteiger partial charge >= 0.3 is 0 Å². The Labute approximate surface area is 229 Å². The van der Waals surface area contributed by atoms with Crippen LogP contribution in [0.3, 0.4) is 0 Å². The van der Waals surface area contributed by atoms with E-state index in [2.05, 4.69) is 46.4 Å². The smallest absolute Gasteiger partial charge is 0.228 e. The van der Waals surface area contributed by atoms with Crippen molar-refractivity contribution in [2.24, 2.45) is 27.8 Å². The first kappa shape index (κ1) is 29.0. The van der Waals surface area contributed by atoms with E-state index in [9.17, 15) is 4.79 Å². The fourth-order valence-electron chi connectivity index (χ4n) is 7.00. The highest BCUT2D eigenvalue weighted by atomic mass is 35.5. The summed E-state index contributed by atoms with van der Waals surface area (Å²) in [6.45, 7) is 10.5. The normalized spacial score (nSPS) is 33.6. The SMILES string of the molecule is CC(C)N1CCN(C2CCNCC2NC(=O)C(C(N)N)C2CC3(/C=C\C(Cl)C=N2)CCCCCC3)CC1. The van der Waals surface area contributed by atoms with Crippen LogP contribution in [0.15, 0.2) is 17.1 Å². The summed E-state index contributed by atoms with van der Waals surface area (Å²) in [6.07, 6.45) is 14.3. The number of alkyl halides is 1. The van der Waals surface area contributed by atoms with Crippen LogP contribution >= 0.6 is 11.6 Å². The van der Waals surface area contributed by atoms with Gasteiger partial charge in [-0.25, -0.2) is 0 Å². The summed E-state index contributed by atoms with van der Waals surface area (Å²) >= 11 is 6.54. The lowest BCUT2D eigenvalue weighted by atomic mass is 9.72. The minimum atomic E-state index is -0.785. The molecule has 1 saturated carbocycles. The largest absolute Gasteiger partial charge is 0.350 e. The van der Waals surface area contributed by atoms with Crippen LogP contribution in [-0.2, 0) is 4.79 Å². The molecule has 5 atom stereocenters. The highest BCUT2D eigenvalue weighted by Crippen LogP contribution is 2.43. The topological polar surface area (TPSA) is 112 Å². The first-order valence-electron chi connectivity index (χ1n) is 14.6. The standard InChI is InChI=1S/C28H50ClN7O/c1-20(2)35-13-15-36(16-14-35)24-8-12-32-19-23(24)34-27(37)25(26(30)31)22-17-28(9-5-3-4-6-10-28)11-7-21(29)18-33-22/h7,11,18,20-26,32H,3-6,8-10,12-17,19,30-31H2,1-2H3,(H,34,37)/b11-7-,33-18?. The van der Waals surface area contributed by atoms with Crippen LogP contribution < -0.4 is 22.1 Å². The maximum atomic E-state index is 13.9. The van der Waals surface area contributed by atoms with Crippen molar-refractivity contribution in [3.05, 3.63) is 12.2 Å². The number of carbonyl (C=O) groups excluding carboxylic acids is 1. The Bertz CT molecular complexity index is 787. The average Bonchev–Trinajstić information content (AvgIpc) is 3.11. The third-order valence-electron chi connectivity index (χ3n) is 9.22. The second-order valence-corrected chi connectivity index (χ2v) is 12.6. The van der Waals surface area contributed by atoms with E-state index in [0.29, 0.717) is 12.1 Å². The summed E-state index contributed by atoms with van der Waals surface area (Å²) in [5.74, 6) is -0.664. The van der Waals surface area contributed by atoms with E-state index in [0.717, 1.165) is 65.0 Å². The number of nitrogens with two attached hydrogens (primary N) is 2. The lowest BCUT2D eigenvalue weighted by Gasteiger charge is -2.45. The fraction of sp³-hybridized carbons (Fsp3) is 0.857. The summed E-state index contributed by atoms with van der Waals surface area (Å²) in [5.41, 5.74) is 12.7. The molecule has 0 aromatic rings. The van der Waals surface area contributed by atoms with Gasteiger partial charge in [0.05, 0.1) is 29.5 Å². The van der Waals surface area contributed by atoms with Gasteiger partial charge < -0.3 is 22.1 Å². The summed E-state index contributed by atoms with van der Waals surface area (Å²) in [4.78, 5) is 23.8. The summed E-state index contributed by atoms with van der Waals surface area (Å²) in [7, 11) is 0. The molecule has 9 heteroatoms. The van der Waals surface area contributed by atoms with Gasteiger partial charge in [-0.05, 0) is 51.5 Å². The molecule has 4 aliphatic rings. The molecule has 210 valence electrons. The molecule has 5 unspecified atom stereocenters. The quantitative estimate of drug-likeness (QED) is 0.235. The van der Waals surface area contributed by atoms with Gasteiger partial charge in [-0.3, -0.25) is 19.6 Å². The van der Waals surface area contributed by atoms with Gasteiger partial charge in [-0.1, -0.05) is 37.8 Å². The molecule has 2 saturated heterocycles. The maximum Gasteiger partial charge on any atom is 0.228 e. The number of nitrogens with one attached hydrogen (secondary N) is 2. The number of nitrogens with zero attached hydrogens (tertiary/aromatic N) is 3. The number of piperazine rings is 1. The zero-order valence-electron chi connectivity index (χ0n) is 23.0. The number of amides is 1. The average molecular weight is 536 g/mol. The number of halogens is 1. The molecule has 4 rings (SSSR count). The van der Waals surface area contributed by atoms with Crippen LogP contribution in [0.4, 0.5) is 0 Å². The molecule has 1 spiro atoms. The molecule has 37 heavy (non-hydrogen) atoms. The molecule has 0 aromatic heterocycles. The predicted octanol–water partition coefficient (Wildman–Crippen LogP) is 2.07. The van der Waals surface area contributed by atoms with Crippen molar-refractivity contribution in [1.29, 1.82) is 0 Å². The van der Waals surface area contributed by atoms with Crippen LogP contribution in [0.25, 0.3) is 0 Å². The number of hydrogen-bond donors (Lipinski definition) is 4. The number of rotatable bonds is 6. The molecule has 1 aliphatic carbocycles. The number of hydrogen-bond acceptors (Lipinski definition) is 7. The van der Waals surface area contributed by atoms with Crippen molar-refractivity contribution in [3.8, 4) is 0 Å². The highest BCUT2D eigenvalue weighted by molar-refractivity contribution is 6.29. The number of carbonyl (C=O) groups is 1. The summed E-state index contributed by atoms with van der Waals surface area (Å²) in [5, 5.41) is 6.60. The lowest BCUT2D eigenvalue weighted by molar-refractivity contribution is -0.128. The zero-order chi connectivity index (χ0) is 26.4. The second kappa shape index (κ2) is 13.4. The van der Waals surface area contributed by atoms with Crippen molar-refractivity contribution >= 4 is 23.7 Å². The van der Waals surface area contributed by atoms with Crippen molar-refractivity contribution in [2.45, 2.75) is 101 Å². The highest BCUT2D eigenvalue weighted by Gasteiger charge is 2.41. The van der Waals surface area contributed by atoms with E-state index < -0.39 is 12.1 Å². The Morgan fingerprint density at radius 3 is 2.49 bits per heavy atom. The maximum absolute atomic E-state index is 13.9. The first-order chi connectivity index (χ1) is 17.8. The monoisotopic (exact) mass is 535 g/mol. The molecular weight excluding hydrogens is 486 g/mol. The molecule has 3 fully saturated rings. The van der Waals surface area contributed by atoms with Crippen molar-refractivity contribution < 1.29 is 4.79 Å². The van der Waals surface area contributed by atoms with Crippen LogP contribution in [0, 0.1) is 11.3 Å². The van der Waals surface area contributed by atoms with E-state index in [4.69, 9.17) is 28.1 Å². The number of piperidine rings is 1. The van der Waals surface area contributed by atoms with Crippen molar-refractivity contribution in [3.63, 3.8) is 0 Å². The van der Waals surface area contributed by atoms with Gasteiger partial charge in [0.25, 0.3) is 0 Å². The first-order valence-corrected chi connectivity index (χ1v) is 15.1. The molecule has 3 aliphatic heterocycles. The predicted molar refractivity (Wildman–Crippen MR) is 153 cm³/mol. The van der Waals surface area contributed by atoms with Gasteiger partial charge in [0, 0.05) is 51.0 Å². The lowest BCUT2D eigenvalue weighted by Crippen LogP contribution is -2.65. The van der Waals surface area contributed by atoms with Crippen LogP contribution in [0.2, 0.25) is 0 Å². The third-order valence-corrected chi connectivity index (χ3v) is 9.48. The number of aliphatic imine (C=N–C) groups is 1. The van der Waals surface area contributed by atoms with E-state index in [1.54, 1.807) is 6.21 Å². The van der Waals surface area contributed by atoms with Gasteiger partial charge in [0.15, 0.2) is 0 Å². The zero-order valence-corrected chi connectivity index (χ0v) is 23.7. The molecular formula is C28H50ClN7O. The van der Waals surface area contributed by atoms with Crippen LogP contribution in [0.1, 0.15) is 65.2 Å². The fourth-order valence-corrected chi connectivity index (χ4v) is 7.14. The molecule has 0 bridgehead atoms. The second-order valence-electron chi connectivity index (χ2n) is 12.1. The molecule has 8 nitrogen and oxygen atoms in total. The molecule has 6 N–H and O–H groups in total.